The van der Waals surface area contributed by atoms with Crippen molar-refractivity contribution >= 4 is 17.5 Å². The van der Waals surface area contributed by atoms with Crippen LogP contribution < -0.4 is 0 Å². The number of ether oxygens (including phenoxy) is 2. The van der Waals surface area contributed by atoms with Crippen molar-refractivity contribution in [2.75, 3.05) is 20.3 Å². The van der Waals surface area contributed by atoms with Gasteiger partial charge in [-0.1, -0.05) is 26.0 Å². The lowest BCUT2D eigenvalue weighted by Gasteiger charge is -2.39. The Hall–Kier alpha value is -2.47. The average Bonchev–Trinajstić information content (AvgIpc) is 2.59. The summed E-state index contributed by atoms with van der Waals surface area (Å²) in [5, 5.41) is 9.99. The third-order valence-corrected chi connectivity index (χ3v) is 5.32. The number of esters is 1. The van der Waals surface area contributed by atoms with Crippen LogP contribution in [0.5, 0.6) is 5.75 Å². The van der Waals surface area contributed by atoms with Gasteiger partial charge < -0.3 is 14.6 Å². The number of Topliss-reactive ketones (excluding diaryl/α,β-unsaturated/α-hetero) is 1. The molecule has 6 nitrogen and oxygen atoms in total. The Bertz CT molecular complexity index is 852. The standard InChI is InChI=1S/C22H27NO5/c1-13-18(21(26)28-9-8-27-4)19(14-6-5-7-15(24)10-14)20-16(23-13)11-22(2,3)12-17(20)25/h5-7,10,18-19,24H,8-9,11-12H2,1-4H3/t18?,19-/m1/s1. The molecule has 1 heterocycles. The van der Waals surface area contributed by atoms with Gasteiger partial charge in [0.15, 0.2) is 5.78 Å². The number of carbonyl (C=O) groups is 2. The number of ketones is 1. The highest BCUT2D eigenvalue weighted by molar-refractivity contribution is 6.09. The summed E-state index contributed by atoms with van der Waals surface area (Å²) in [7, 11) is 1.54. The Kier molecular flexibility index (Phi) is 5.70. The first-order valence-corrected chi connectivity index (χ1v) is 9.49. The number of hydrogen-bond donors (Lipinski definition) is 1. The Morgan fingerprint density at radius 3 is 2.71 bits per heavy atom. The van der Waals surface area contributed by atoms with Crippen LogP contribution in [-0.4, -0.2) is 42.9 Å². The number of methoxy groups -OCH3 is 1. The minimum atomic E-state index is -0.706. The molecule has 6 heteroatoms. The van der Waals surface area contributed by atoms with Crippen LogP contribution >= 0.6 is 0 Å². The minimum absolute atomic E-state index is 0.00512. The molecule has 3 rings (SSSR count). The first kappa shape index (κ1) is 20.3. The fourth-order valence-corrected chi connectivity index (χ4v) is 4.14. The molecule has 28 heavy (non-hydrogen) atoms. The van der Waals surface area contributed by atoms with Crippen LogP contribution in [0.25, 0.3) is 0 Å². The quantitative estimate of drug-likeness (QED) is 0.620. The lowest BCUT2D eigenvalue weighted by molar-refractivity contribution is -0.147. The zero-order chi connectivity index (χ0) is 20.5. The normalized spacial score (nSPS) is 23.9. The number of aliphatic imine (C=N–C) groups is 1. The van der Waals surface area contributed by atoms with Crippen LogP contribution in [0.15, 0.2) is 40.5 Å². The van der Waals surface area contributed by atoms with Crippen molar-refractivity contribution in [3.05, 3.63) is 41.1 Å². The van der Waals surface area contributed by atoms with Gasteiger partial charge in [0.05, 0.1) is 6.61 Å². The summed E-state index contributed by atoms with van der Waals surface area (Å²) < 4.78 is 10.3. The Labute approximate surface area is 165 Å². The van der Waals surface area contributed by atoms with Crippen LogP contribution in [0.3, 0.4) is 0 Å². The van der Waals surface area contributed by atoms with Crippen LogP contribution in [0.2, 0.25) is 0 Å². The third kappa shape index (κ3) is 4.02. The maximum atomic E-state index is 13.1. The van der Waals surface area contributed by atoms with Crippen molar-refractivity contribution in [2.24, 2.45) is 16.3 Å². The predicted octanol–water partition coefficient (Wildman–Crippen LogP) is 3.40. The van der Waals surface area contributed by atoms with Crippen LogP contribution in [-0.2, 0) is 19.1 Å². The lowest BCUT2D eigenvalue weighted by Crippen LogP contribution is -2.39. The molecule has 1 N–H and O–H groups in total. The summed E-state index contributed by atoms with van der Waals surface area (Å²) >= 11 is 0. The number of nitrogens with zero attached hydrogens (tertiary/aromatic N) is 1. The van der Waals surface area contributed by atoms with Crippen LogP contribution in [0.4, 0.5) is 0 Å². The van der Waals surface area contributed by atoms with Crippen molar-refractivity contribution in [3.8, 4) is 5.75 Å². The number of hydrogen-bond acceptors (Lipinski definition) is 6. The summed E-state index contributed by atoms with van der Waals surface area (Å²) in [4.78, 5) is 30.7. The van der Waals surface area contributed by atoms with Gasteiger partial charge in [-0.3, -0.25) is 14.6 Å². The summed E-state index contributed by atoms with van der Waals surface area (Å²) in [5.41, 5.74) is 2.48. The van der Waals surface area contributed by atoms with Gasteiger partial charge in [-0.25, -0.2) is 0 Å². The number of benzene rings is 1. The Balaban J connectivity index is 2.08. The SMILES string of the molecule is COCCOC(=O)C1C(C)=NC2=C(C(=O)CC(C)(C)C2)[C@@H]1c1cccc(O)c1. The van der Waals surface area contributed by atoms with E-state index in [1.54, 1.807) is 25.1 Å². The topological polar surface area (TPSA) is 85.2 Å². The summed E-state index contributed by atoms with van der Waals surface area (Å²) in [6.07, 6.45) is 1.08. The fraction of sp³-hybridized carbons (Fsp3) is 0.500. The molecule has 1 unspecified atom stereocenters. The zero-order valence-electron chi connectivity index (χ0n) is 16.8. The van der Waals surface area contributed by atoms with E-state index in [4.69, 9.17) is 9.47 Å². The smallest absolute Gasteiger partial charge is 0.315 e. The number of phenols is 1. The van der Waals surface area contributed by atoms with Crippen molar-refractivity contribution in [1.29, 1.82) is 0 Å². The van der Waals surface area contributed by atoms with E-state index < -0.39 is 17.8 Å². The molecule has 0 radical (unpaired) electrons. The van der Waals surface area contributed by atoms with Crippen molar-refractivity contribution in [3.63, 3.8) is 0 Å². The highest BCUT2D eigenvalue weighted by Gasteiger charge is 2.46. The molecule has 0 saturated carbocycles. The van der Waals surface area contributed by atoms with E-state index in [9.17, 15) is 14.7 Å². The van der Waals surface area contributed by atoms with E-state index in [1.807, 2.05) is 19.9 Å². The average molecular weight is 385 g/mol. The molecule has 0 saturated heterocycles. The molecule has 0 spiro atoms. The highest BCUT2D eigenvalue weighted by Crippen LogP contribution is 2.48. The molecule has 0 bridgehead atoms. The first-order valence-electron chi connectivity index (χ1n) is 9.49. The number of phenolic OH excluding ortho intramolecular Hbond substituents is 1. The van der Waals surface area contributed by atoms with E-state index in [0.717, 1.165) is 5.70 Å². The minimum Gasteiger partial charge on any atom is -0.508 e. The van der Waals surface area contributed by atoms with Gasteiger partial charge in [0.25, 0.3) is 0 Å². The third-order valence-electron chi connectivity index (χ3n) is 5.32. The molecule has 0 fully saturated rings. The van der Waals surface area contributed by atoms with Crippen molar-refractivity contribution in [2.45, 2.75) is 39.5 Å². The number of aromatic hydroxyl groups is 1. The predicted molar refractivity (Wildman–Crippen MR) is 105 cm³/mol. The van der Waals surface area contributed by atoms with E-state index in [-0.39, 0.29) is 23.6 Å². The molecule has 1 aromatic rings. The number of rotatable bonds is 5. The number of allylic oxidation sites excluding steroid dienone is 2. The van der Waals surface area contributed by atoms with Gasteiger partial charge in [-0.15, -0.1) is 0 Å². The van der Waals surface area contributed by atoms with Gasteiger partial charge in [-0.2, -0.15) is 0 Å². The molecule has 0 aromatic heterocycles. The second-order valence-corrected chi connectivity index (χ2v) is 8.27. The molecular formula is C22H27NO5. The maximum Gasteiger partial charge on any atom is 0.315 e. The highest BCUT2D eigenvalue weighted by atomic mass is 16.6. The second kappa shape index (κ2) is 7.87. The van der Waals surface area contributed by atoms with Crippen molar-refractivity contribution < 1.29 is 24.2 Å². The van der Waals surface area contributed by atoms with E-state index >= 15 is 0 Å². The Morgan fingerprint density at radius 1 is 1.29 bits per heavy atom. The number of carbonyl (C=O) groups excluding carboxylic acids is 2. The van der Waals surface area contributed by atoms with E-state index in [1.165, 1.54) is 7.11 Å². The maximum absolute atomic E-state index is 13.1. The second-order valence-electron chi connectivity index (χ2n) is 8.27. The van der Waals surface area contributed by atoms with Gasteiger partial charge >= 0.3 is 5.97 Å². The largest absolute Gasteiger partial charge is 0.508 e. The summed E-state index contributed by atoms with van der Waals surface area (Å²) in [6.45, 7) is 6.33. The molecule has 1 aliphatic heterocycles. The molecule has 2 aliphatic rings. The van der Waals surface area contributed by atoms with Gasteiger partial charge in [0.1, 0.15) is 18.3 Å². The molecule has 2 atom stereocenters. The van der Waals surface area contributed by atoms with Gasteiger partial charge in [-0.05, 0) is 36.5 Å². The molecule has 1 aliphatic carbocycles. The fourth-order valence-electron chi connectivity index (χ4n) is 4.14. The monoisotopic (exact) mass is 385 g/mol. The van der Waals surface area contributed by atoms with Gasteiger partial charge in [0, 0.05) is 36.4 Å². The van der Waals surface area contributed by atoms with Crippen LogP contribution in [0.1, 0.15) is 45.1 Å². The molecular weight excluding hydrogens is 358 g/mol. The van der Waals surface area contributed by atoms with Crippen LogP contribution in [0, 0.1) is 11.3 Å². The van der Waals surface area contributed by atoms with E-state index in [0.29, 0.717) is 36.3 Å². The van der Waals surface area contributed by atoms with E-state index in [2.05, 4.69) is 4.99 Å². The molecule has 0 amide bonds. The Morgan fingerprint density at radius 2 is 2.04 bits per heavy atom. The first-order chi connectivity index (χ1) is 13.2. The summed E-state index contributed by atoms with van der Waals surface area (Å²) in [5.74, 6) is -1.56. The lowest BCUT2D eigenvalue weighted by atomic mass is 9.67. The van der Waals surface area contributed by atoms with Gasteiger partial charge in [0.2, 0.25) is 0 Å². The molecule has 1 aromatic carbocycles. The zero-order valence-corrected chi connectivity index (χ0v) is 16.8. The summed E-state index contributed by atoms with van der Waals surface area (Å²) in [6, 6.07) is 6.73. The van der Waals surface area contributed by atoms with Crippen molar-refractivity contribution in [1.82, 2.24) is 0 Å². The molecule has 150 valence electrons.